The second kappa shape index (κ2) is 4.83. The quantitative estimate of drug-likeness (QED) is 0.558. The van der Waals surface area contributed by atoms with Crippen LogP contribution >= 0.6 is 12.4 Å². The van der Waals surface area contributed by atoms with Gasteiger partial charge in [0, 0.05) is 6.04 Å². The van der Waals surface area contributed by atoms with Crippen molar-refractivity contribution in [3.05, 3.63) is 12.7 Å². The molecule has 54 valence electrons. The Labute approximate surface area is 62.9 Å². The lowest BCUT2D eigenvalue weighted by Crippen LogP contribution is -2.31. The topological polar surface area (TPSA) is 12.0 Å². The minimum Gasteiger partial charge on any atom is -0.311 e. The molecule has 0 aromatic heterocycles. The molecule has 0 spiro atoms. The lowest BCUT2D eigenvalue weighted by molar-refractivity contribution is 0.455. The van der Waals surface area contributed by atoms with Crippen molar-refractivity contribution in [1.82, 2.24) is 5.32 Å². The van der Waals surface area contributed by atoms with E-state index in [0.717, 1.165) is 0 Å². The molecule has 1 saturated heterocycles. The Hall–Kier alpha value is -0.0100. The fourth-order valence-corrected chi connectivity index (χ4v) is 1.08. The third kappa shape index (κ3) is 2.87. The Morgan fingerprint density at radius 1 is 1.44 bits per heavy atom. The van der Waals surface area contributed by atoms with Crippen LogP contribution in [0.2, 0.25) is 0 Å². The third-order valence-electron chi connectivity index (χ3n) is 1.63. The molecule has 1 unspecified atom stereocenters. The van der Waals surface area contributed by atoms with Crippen molar-refractivity contribution in [2.45, 2.75) is 25.3 Å². The van der Waals surface area contributed by atoms with Gasteiger partial charge in [-0.25, -0.2) is 0 Å². The molecule has 0 amide bonds. The van der Waals surface area contributed by atoms with Gasteiger partial charge in [-0.1, -0.05) is 12.5 Å². The SMILES string of the molecule is C=CC1CCCCN1.Cl. The molecule has 1 rings (SSSR count). The van der Waals surface area contributed by atoms with Crippen LogP contribution in [-0.2, 0) is 0 Å². The van der Waals surface area contributed by atoms with E-state index in [9.17, 15) is 0 Å². The first-order chi connectivity index (χ1) is 3.93. The molecule has 2 heteroatoms. The van der Waals surface area contributed by atoms with Gasteiger partial charge >= 0.3 is 0 Å². The number of hydrogen-bond donors (Lipinski definition) is 1. The number of piperidine rings is 1. The van der Waals surface area contributed by atoms with Crippen LogP contribution in [0.4, 0.5) is 0 Å². The van der Waals surface area contributed by atoms with Gasteiger partial charge in [0.05, 0.1) is 0 Å². The van der Waals surface area contributed by atoms with Crippen LogP contribution in [0.5, 0.6) is 0 Å². The van der Waals surface area contributed by atoms with Gasteiger partial charge in [-0.2, -0.15) is 0 Å². The molecule has 1 heterocycles. The minimum absolute atomic E-state index is 0. The molecule has 0 bridgehead atoms. The molecule has 1 atom stereocenters. The van der Waals surface area contributed by atoms with Crippen molar-refractivity contribution in [1.29, 1.82) is 0 Å². The van der Waals surface area contributed by atoms with Crippen molar-refractivity contribution < 1.29 is 0 Å². The monoisotopic (exact) mass is 147 g/mol. The fraction of sp³-hybridized carbons (Fsp3) is 0.714. The van der Waals surface area contributed by atoms with E-state index in [-0.39, 0.29) is 12.4 Å². The summed E-state index contributed by atoms with van der Waals surface area (Å²) in [7, 11) is 0. The number of hydrogen-bond acceptors (Lipinski definition) is 1. The number of rotatable bonds is 1. The van der Waals surface area contributed by atoms with Gasteiger partial charge in [0.1, 0.15) is 0 Å². The van der Waals surface area contributed by atoms with E-state index in [4.69, 9.17) is 0 Å². The molecule has 0 saturated carbocycles. The van der Waals surface area contributed by atoms with Crippen LogP contribution in [0.15, 0.2) is 12.7 Å². The summed E-state index contributed by atoms with van der Waals surface area (Å²) in [5.41, 5.74) is 0. The standard InChI is InChI=1S/C7H13N.ClH/c1-2-7-5-3-4-6-8-7;/h2,7-8H,1,3-6H2;1H. The average Bonchev–Trinajstić information content (AvgIpc) is 1.90. The Kier molecular flexibility index (Phi) is 4.83. The molecular formula is C7H14ClN. The van der Waals surface area contributed by atoms with Crippen LogP contribution in [0.3, 0.4) is 0 Å². The summed E-state index contributed by atoms with van der Waals surface area (Å²) in [5.74, 6) is 0. The van der Waals surface area contributed by atoms with Gasteiger partial charge in [-0.15, -0.1) is 19.0 Å². The summed E-state index contributed by atoms with van der Waals surface area (Å²) in [6.07, 6.45) is 5.98. The summed E-state index contributed by atoms with van der Waals surface area (Å²) >= 11 is 0. The summed E-state index contributed by atoms with van der Waals surface area (Å²) in [4.78, 5) is 0. The molecule has 1 fully saturated rings. The highest BCUT2D eigenvalue weighted by molar-refractivity contribution is 5.85. The van der Waals surface area contributed by atoms with Gasteiger partial charge in [0.15, 0.2) is 0 Å². The van der Waals surface area contributed by atoms with E-state index in [0.29, 0.717) is 6.04 Å². The average molecular weight is 148 g/mol. The van der Waals surface area contributed by atoms with Gasteiger partial charge in [-0.05, 0) is 19.4 Å². The predicted molar refractivity (Wildman–Crippen MR) is 43.1 cm³/mol. The molecular weight excluding hydrogens is 134 g/mol. The summed E-state index contributed by atoms with van der Waals surface area (Å²) in [6.45, 7) is 4.90. The largest absolute Gasteiger partial charge is 0.311 e. The van der Waals surface area contributed by atoms with E-state index in [2.05, 4.69) is 11.9 Å². The smallest absolute Gasteiger partial charge is 0.0247 e. The maximum Gasteiger partial charge on any atom is 0.0247 e. The van der Waals surface area contributed by atoms with Crippen LogP contribution in [0.25, 0.3) is 0 Å². The first-order valence-electron chi connectivity index (χ1n) is 3.29. The lowest BCUT2D eigenvalue weighted by atomic mass is 10.1. The van der Waals surface area contributed by atoms with Crippen molar-refractivity contribution in [3.63, 3.8) is 0 Å². The summed E-state index contributed by atoms with van der Waals surface area (Å²) in [5, 5.41) is 3.35. The molecule has 1 N–H and O–H groups in total. The van der Waals surface area contributed by atoms with Gasteiger partial charge in [-0.3, -0.25) is 0 Å². The highest BCUT2D eigenvalue weighted by Gasteiger charge is 2.06. The highest BCUT2D eigenvalue weighted by Crippen LogP contribution is 2.06. The fourth-order valence-electron chi connectivity index (χ4n) is 1.08. The van der Waals surface area contributed by atoms with E-state index < -0.39 is 0 Å². The highest BCUT2D eigenvalue weighted by atomic mass is 35.5. The molecule has 0 aromatic carbocycles. The normalized spacial score (nSPS) is 26.4. The van der Waals surface area contributed by atoms with Crippen molar-refractivity contribution in [2.24, 2.45) is 0 Å². The van der Waals surface area contributed by atoms with Gasteiger partial charge in [0.25, 0.3) is 0 Å². The van der Waals surface area contributed by atoms with Crippen molar-refractivity contribution >= 4 is 12.4 Å². The Bertz CT molecular complexity index is 77.0. The predicted octanol–water partition coefficient (Wildman–Crippen LogP) is 1.74. The van der Waals surface area contributed by atoms with E-state index in [1.54, 1.807) is 0 Å². The third-order valence-corrected chi connectivity index (χ3v) is 1.63. The first kappa shape index (κ1) is 8.99. The molecule has 0 aliphatic carbocycles. The van der Waals surface area contributed by atoms with Gasteiger partial charge < -0.3 is 5.32 Å². The zero-order chi connectivity index (χ0) is 5.82. The second-order valence-electron chi connectivity index (χ2n) is 2.29. The zero-order valence-corrected chi connectivity index (χ0v) is 6.41. The van der Waals surface area contributed by atoms with Crippen LogP contribution in [-0.4, -0.2) is 12.6 Å². The van der Waals surface area contributed by atoms with E-state index >= 15 is 0 Å². The van der Waals surface area contributed by atoms with Gasteiger partial charge in [0.2, 0.25) is 0 Å². The van der Waals surface area contributed by atoms with Crippen LogP contribution in [0.1, 0.15) is 19.3 Å². The Balaban J connectivity index is 0.000000640. The van der Waals surface area contributed by atoms with Crippen LogP contribution < -0.4 is 5.32 Å². The maximum absolute atomic E-state index is 3.72. The van der Waals surface area contributed by atoms with Crippen molar-refractivity contribution in [2.75, 3.05) is 6.54 Å². The molecule has 0 aromatic rings. The molecule has 1 aliphatic heterocycles. The maximum atomic E-state index is 3.72. The van der Waals surface area contributed by atoms with Crippen LogP contribution in [0, 0.1) is 0 Å². The molecule has 0 radical (unpaired) electrons. The zero-order valence-electron chi connectivity index (χ0n) is 5.60. The second-order valence-corrected chi connectivity index (χ2v) is 2.29. The lowest BCUT2D eigenvalue weighted by Gasteiger charge is -2.19. The molecule has 9 heavy (non-hydrogen) atoms. The Morgan fingerprint density at radius 3 is 2.56 bits per heavy atom. The van der Waals surface area contributed by atoms with E-state index in [1.807, 2.05) is 6.08 Å². The first-order valence-corrected chi connectivity index (χ1v) is 3.29. The number of halogens is 1. The van der Waals surface area contributed by atoms with E-state index in [1.165, 1.54) is 25.8 Å². The number of nitrogens with one attached hydrogen (secondary N) is 1. The minimum atomic E-state index is 0. The van der Waals surface area contributed by atoms with Crippen molar-refractivity contribution in [3.8, 4) is 0 Å². The molecule has 1 aliphatic rings. The Morgan fingerprint density at radius 2 is 2.22 bits per heavy atom. The molecule has 1 nitrogen and oxygen atoms in total. The summed E-state index contributed by atoms with van der Waals surface area (Å²) < 4.78 is 0. The summed E-state index contributed by atoms with van der Waals surface area (Å²) in [6, 6.07) is 0.601.